The zero-order valence-corrected chi connectivity index (χ0v) is 6.84. The van der Waals surface area contributed by atoms with Crippen molar-refractivity contribution >= 4 is 5.97 Å². The number of likely N-dealkylation sites (N-methyl/N-ethyl adjacent to an activating group) is 1. The zero-order valence-electron chi connectivity index (χ0n) is 5.73. The van der Waals surface area contributed by atoms with Gasteiger partial charge in [-0.15, -0.1) is 0 Å². The third-order valence-electron chi connectivity index (χ3n) is 1.13. The van der Waals surface area contributed by atoms with Gasteiger partial charge in [-0.05, 0) is 21.0 Å². The van der Waals surface area contributed by atoms with E-state index in [1.54, 1.807) is 25.9 Å². The first-order valence-electron chi connectivity index (χ1n) is 2.45. The minimum atomic E-state index is -0.782. The Morgan fingerprint density at radius 3 is 1.89 bits per heavy atom. The molecule has 4 heteroatoms. The average Bonchev–Trinajstić information content (AvgIpc) is 1.64. The molecule has 0 aliphatic rings. The fraction of sp³-hybridized carbons (Fsp3) is 0.800. The molecule has 0 aliphatic carbocycles. The van der Waals surface area contributed by atoms with Gasteiger partial charge in [0.05, 0.1) is 0 Å². The van der Waals surface area contributed by atoms with E-state index in [0.29, 0.717) is 0 Å². The van der Waals surface area contributed by atoms with Gasteiger partial charge >= 0.3 is 5.97 Å². The van der Waals surface area contributed by atoms with Crippen LogP contribution in [0.25, 0.3) is 0 Å². The standard InChI is InChI=1S/C5H11NO2.Fe/c1-4(5(7)8)6(2)3;/h4H,1-3H3,(H,7,8);. The first-order valence-corrected chi connectivity index (χ1v) is 2.45. The number of nitrogens with zero attached hydrogens (tertiary/aromatic N) is 1. The Morgan fingerprint density at radius 1 is 1.56 bits per heavy atom. The van der Waals surface area contributed by atoms with Crippen molar-refractivity contribution in [2.75, 3.05) is 14.1 Å². The van der Waals surface area contributed by atoms with Crippen LogP contribution in [0.15, 0.2) is 0 Å². The molecule has 9 heavy (non-hydrogen) atoms. The third kappa shape index (κ3) is 4.45. The van der Waals surface area contributed by atoms with Gasteiger partial charge in [0, 0.05) is 17.1 Å². The molecule has 0 fully saturated rings. The van der Waals surface area contributed by atoms with Crippen LogP contribution in [-0.2, 0) is 21.9 Å². The Kier molecular flexibility index (Phi) is 6.24. The average molecular weight is 173 g/mol. The summed E-state index contributed by atoms with van der Waals surface area (Å²) in [6.45, 7) is 1.64. The number of rotatable bonds is 2. The minimum absolute atomic E-state index is 0. The van der Waals surface area contributed by atoms with E-state index < -0.39 is 5.97 Å². The number of carboxylic acid groups (broad SMARTS) is 1. The van der Waals surface area contributed by atoms with E-state index in [9.17, 15) is 4.79 Å². The molecule has 1 atom stereocenters. The molecule has 0 saturated carbocycles. The second-order valence-electron chi connectivity index (χ2n) is 1.98. The van der Waals surface area contributed by atoms with Crippen molar-refractivity contribution in [3.05, 3.63) is 0 Å². The second kappa shape index (κ2) is 4.79. The van der Waals surface area contributed by atoms with Crippen LogP contribution in [-0.4, -0.2) is 36.1 Å². The molecule has 0 spiro atoms. The molecule has 0 heterocycles. The van der Waals surface area contributed by atoms with Crippen molar-refractivity contribution in [2.24, 2.45) is 0 Å². The van der Waals surface area contributed by atoms with Gasteiger partial charge in [0.2, 0.25) is 0 Å². The van der Waals surface area contributed by atoms with Crippen LogP contribution in [0.1, 0.15) is 6.92 Å². The molecule has 56 valence electrons. The van der Waals surface area contributed by atoms with Gasteiger partial charge in [0.25, 0.3) is 0 Å². The molecular weight excluding hydrogens is 162 g/mol. The first kappa shape index (κ1) is 11.7. The largest absolute Gasteiger partial charge is 0.480 e. The Bertz CT molecular complexity index is 95.0. The van der Waals surface area contributed by atoms with Crippen molar-refractivity contribution in [3.8, 4) is 0 Å². The summed E-state index contributed by atoms with van der Waals surface area (Å²) in [4.78, 5) is 11.7. The number of hydrogen-bond acceptors (Lipinski definition) is 2. The van der Waals surface area contributed by atoms with Gasteiger partial charge < -0.3 is 5.11 Å². The molecular formula is C5H11FeNO2. The molecule has 0 radical (unpaired) electrons. The number of aliphatic carboxylic acids is 1. The molecule has 0 aromatic rings. The summed E-state index contributed by atoms with van der Waals surface area (Å²) < 4.78 is 0. The SMILES string of the molecule is CC(C(=O)O)N(C)C.[Fe]. The smallest absolute Gasteiger partial charge is 0.320 e. The van der Waals surface area contributed by atoms with Crippen molar-refractivity contribution in [2.45, 2.75) is 13.0 Å². The molecule has 1 N–H and O–H groups in total. The minimum Gasteiger partial charge on any atom is -0.480 e. The van der Waals surface area contributed by atoms with Crippen LogP contribution in [0.4, 0.5) is 0 Å². The maximum absolute atomic E-state index is 10.1. The van der Waals surface area contributed by atoms with Gasteiger partial charge in [0.15, 0.2) is 0 Å². The summed E-state index contributed by atoms with van der Waals surface area (Å²) in [7, 11) is 3.47. The van der Waals surface area contributed by atoms with E-state index in [2.05, 4.69) is 0 Å². The summed E-state index contributed by atoms with van der Waals surface area (Å²) in [5.74, 6) is -0.782. The van der Waals surface area contributed by atoms with Crippen molar-refractivity contribution < 1.29 is 27.0 Å². The molecule has 0 aromatic carbocycles. The van der Waals surface area contributed by atoms with E-state index in [4.69, 9.17) is 5.11 Å². The zero-order chi connectivity index (χ0) is 6.73. The maximum atomic E-state index is 10.1. The first-order chi connectivity index (χ1) is 3.55. The van der Waals surface area contributed by atoms with E-state index >= 15 is 0 Å². The molecule has 0 aliphatic heterocycles. The molecule has 1 unspecified atom stereocenters. The molecule has 0 bridgehead atoms. The van der Waals surface area contributed by atoms with Crippen molar-refractivity contribution in [1.29, 1.82) is 0 Å². The van der Waals surface area contributed by atoms with Gasteiger partial charge in [-0.1, -0.05) is 0 Å². The molecule has 0 amide bonds. The Labute approximate surface area is 65.5 Å². The number of carbonyl (C=O) groups is 1. The third-order valence-corrected chi connectivity index (χ3v) is 1.13. The number of carboxylic acids is 1. The van der Waals surface area contributed by atoms with Gasteiger partial charge in [-0.25, -0.2) is 0 Å². The molecule has 3 nitrogen and oxygen atoms in total. The van der Waals surface area contributed by atoms with Crippen LogP contribution >= 0.6 is 0 Å². The fourth-order valence-electron chi connectivity index (χ4n) is 0.221. The Hall–Kier alpha value is -0.0505. The molecule has 0 rings (SSSR count). The quantitative estimate of drug-likeness (QED) is 0.598. The summed E-state index contributed by atoms with van der Waals surface area (Å²) >= 11 is 0. The normalized spacial score (nSPS) is 12.4. The maximum Gasteiger partial charge on any atom is 0.320 e. The molecule has 0 saturated heterocycles. The summed E-state index contributed by atoms with van der Waals surface area (Å²) in [5, 5.41) is 8.31. The summed E-state index contributed by atoms with van der Waals surface area (Å²) in [6, 6.07) is -0.380. The van der Waals surface area contributed by atoms with Crippen molar-refractivity contribution in [1.82, 2.24) is 4.90 Å². The van der Waals surface area contributed by atoms with E-state index in [-0.39, 0.29) is 23.1 Å². The fourth-order valence-corrected chi connectivity index (χ4v) is 0.221. The van der Waals surface area contributed by atoms with E-state index in [1.807, 2.05) is 0 Å². The Balaban J connectivity index is 0. The summed E-state index contributed by atoms with van der Waals surface area (Å²) in [6.07, 6.45) is 0. The predicted octanol–water partition coefficient (Wildman–Crippen LogP) is 0.0186. The monoisotopic (exact) mass is 173 g/mol. The van der Waals surface area contributed by atoms with Crippen LogP contribution in [0.2, 0.25) is 0 Å². The van der Waals surface area contributed by atoms with Crippen LogP contribution in [0.3, 0.4) is 0 Å². The van der Waals surface area contributed by atoms with Gasteiger partial charge in [-0.2, -0.15) is 0 Å². The molecule has 0 aromatic heterocycles. The van der Waals surface area contributed by atoms with Crippen LogP contribution in [0, 0.1) is 0 Å². The summed E-state index contributed by atoms with van der Waals surface area (Å²) in [5.41, 5.74) is 0. The van der Waals surface area contributed by atoms with Crippen LogP contribution < -0.4 is 0 Å². The van der Waals surface area contributed by atoms with E-state index in [0.717, 1.165) is 0 Å². The van der Waals surface area contributed by atoms with Crippen LogP contribution in [0.5, 0.6) is 0 Å². The second-order valence-corrected chi connectivity index (χ2v) is 1.98. The van der Waals surface area contributed by atoms with Gasteiger partial charge in [-0.3, -0.25) is 9.69 Å². The predicted molar refractivity (Wildman–Crippen MR) is 30.8 cm³/mol. The Morgan fingerprint density at radius 2 is 1.89 bits per heavy atom. The number of hydrogen-bond donors (Lipinski definition) is 1. The van der Waals surface area contributed by atoms with E-state index in [1.165, 1.54) is 0 Å². The topological polar surface area (TPSA) is 40.5 Å². The van der Waals surface area contributed by atoms with Gasteiger partial charge in [0.1, 0.15) is 6.04 Å². The van der Waals surface area contributed by atoms with Crippen molar-refractivity contribution in [3.63, 3.8) is 0 Å².